The van der Waals surface area contributed by atoms with E-state index >= 15 is 0 Å². The number of hydrogen-bond donors (Lipinski definition) is 3. The van der Waals surface area contributed by atoms with Gasteiger partial charge in [0.25, 0.3) is 11.5 Å². The highest BCUT2D eigenvalue weighted by Gasteiger charge is 2.18. The molecule has 3 aromatic carbocycles. The molecule has 3 N–H and O–H groups in total. The van der Waals surface area contributed by atoms with Crippen LogP contribution in [0.15, 0.2) is 94.9 Å². The Hall–Kier alpha value is -4.24. The first-order chi connectivity index (χ1) is 16.5. The van der Waals surface area contributed by atoms with Crippen LogP contribution in [0.1, 0.15) is 17.3 Å². The number of benzene rings is 3. The van der Waals surface area contributed by atoms with Gasteiger partial charge in [-0.05, 0) is 37.3 Å². The van der Waals surface area contributed by atoms with Gasteiger partial charge in [-0.25, -0.2) is 0 Å². The van der Waals surface area contributed by atoms with E-state index in [0.717, 1.165) is 11.8 Å². The van der Waals surface area contributed by atoms with Crippen LogP contribution in [-0.4, -0.2) is 32.2 Å². The van der Waals surface area contributed by atoms with E-state index in [4.69, 9.17) is 0 Å². The number of amides is 2. The van der Waals surface area contributed by atoms with Crippen LogP contribution in [0, 0.1) is 0 Å². The Balaban J connectivity index is 1.50. The fourth-order valence-corrected chi connectivity index (χ4v) is 3.86. The van der Waals surface area contributed by atoms with Crippen LogP contribution < -0.4 is 16.2 Å². The molecule has 9 heteroatoms. The minimum atomic E-state index is -0.520. The largest absolute Gasteiger partial charge is 0.325 e. The normalized spacial score (nSPS) is 11.4. The molecule has 34 heavy (non-hydrogen) atoms. The molecule has 0 aliphatic rings. The second kappa shape index (κ2) is 10.6. The molecule has 0 aliphatic carbocycles. The Morgan fingerprint density at radius 1 is 0.853 bits per heavy atom. The summed E-state index contributed by atoms with van der Waals surface area (Å²) in [5.41, 5.74) is 1.64. The first kappa shape index (κ1) is 22.9. The van der Waals surface area contributed by atoms with Gasteiger partial charge >= 0.3 is 0 Å². The van der Waals surface area contributed by atoms with Gasteiger partial charge in [-0.1, -0.05) is 66.4 Å². The van der Waals surface area contributed by atoms with Crippen molar-refractivity contribution in [2.75, 3.05) is 10.6 Å². The van der Waals surface area contributed by atoms with Crippen molar-refractivity contribution in [2.45, 2.75) is 17.3 Å². The Bertz CT molecular complexity index is 1360. The number of nitrogens with one attached hydrogen (secondary N) is 3. The lowest BCUT2D eigenvalue weighted by Crippen LogP contribution is -2.23. The summed E-state index contributed by atoms with van der Waals surface area (Å²) in [5, 5.41) is 13.5. The summed E-state index contributed by atoms with van der Waals surface area (Å²) in [7, 11) is 0. The number of para-hydroxylation sites is 2. The molecule has 1 unspecified atom stereocenters. The van der Waals surface area contributed by atoms with E-state index in [1.165, 1.54) is 0 Å². The van der Waals surface area contributed by atoms with Gasteiger partial charge < -0.3 is 10.6 Å². The van der Waals surface area contributed by atoms with Crippen LogP contribution in [0.4, 0.5) is 11.4 Å². The van der Waals surface area contributed by atoms with Gasteiger partial charge in [0.05, 0.1) is 10.9 Å². The predicted molar refractivity (Wildman–Crippen MR) is 133 cm³/mol. The van der Waals surface area contributed by atoms with Crippen molar-refractivity contribution in [2.24, 2.45) is 0 Å². The molecule has 8 nitrogen and oxygen atoms in total. The Morgan fingerprint density at radius 2 is 1.50 bits per heavy atom. The molecule has 0 spiro atoms. The van der Waals surface area contributed by atoms with E-state index in [2.05, 4.69) is 25.8 Å². The molecule has 1 aromatic heterocycles. The van der Waals surface area contributed by atoms with Crippen molar-refractivity contribution in [1.29, 1.82) is 0 Å². The third kappa shape index (κ3) is 5.57. The standard InChI is InChI=1S/C25H21N5O3S/c1-16(22(31)26-18-12-6-3-7-13-18)34-25-28-24(33)21(29-30-25)19-14-8-9-15-20(19)27-23(32)17-10-4-2-5-11-17/h2-16H,1H3,(H,26,31)(H,27,32)(H,28,30,33). The maximum absolute atomic E-state index is 12.8. The van der Waals surface area contributed by atoms with Gasteiger partial charge in [0.1, 0.15) is 0 Å². The molecule has 0 bridgehead atoms. The Morgan fingerprint density at radius 3 is 2.21 bits per heavy atom. The van der Waals surface area contributed by atoms with E-state index in [0.29, 0.717) is 22.5 Å². The molecular weight excluding hydrogens is 450 g/mol. The van der Waals surface area contributed by atoms with E-state index in [1.54, 1.807) is 67.6 Å². The highest BCUT2D eigenvalue weighted by molar-refractivity contribution is 8.00. The summed E-state index contributed by atoms with van der Waals surface area (Å²) in [6.45, 7) is 1.71. The van der Waals surface area contributed by atoms with Crippen molar-refractivity contribution in [1.82, 2.24) is 15.2 Å². The zero-order valence-corrected chi connectivity index (χ0v) is 19.0. The molecule has 1 atom stereocenters. The average molecular weight is 472 g/mol. The van der Waals surface area contributed by atoms with E-state index in [9.17, 15) is 14.4 Å². The monoisotopic (exact) mass is 471 g/mol. The summed E-state index contributed by atoms with van der Waals surface area (Å²) < 4.78 is 0. The van der Waals surface area contributed by atoms with Crippen LogP contribution in [-0.2, 0) is 4.79 Å². The summed E-state index contributed by atoms with van der Waals surface area (Å²) in [6, 6.07) is 24.7. The second-order valence-corrected chi connectivity index (χ2v) is 8.62. The molecule has 0 aliphatic heterocycles. The lowest BCUT2D eigenvalue weighted by molar-refractivity contribution is -0.115. The Kier molecular flexibility index (Phi) is 7.14. The third-order valence-electron chi connectivity index (χ3n) is 4.84. The van der Waals surface area contributed by atoms with E-state index in [-0.39, 0.29) is 22.7 Å². The highest BCUT2D eigenvalue weighted by Crippen LogP contribution is 2.25. The van der Waals surface area contributed by atoms with Gasteiger partial charge in [0, 0.05) is 16.8 Å². The lowest BCUT2D eigenvalue weighted by Gasteiger charge is -2.12. The molecule has 4 aromatic rings. The molecule has 170 valence electrons. The predicted octanol–water partition coefficient (Wildman–Crippen LogP) is 4.20. The lowest BCUT2D eigenvalue weighted by atomic mass is 10.1. The van der Waals surface area contributed by atoms with Crippen molar-refractivity contribution in [3.63, 3.8) is 0 Å². The minimum Gasteiger partial charge on any atom is -0.325 e. The molecule has 0 radical (unpaired) electrons. The van der Waals surface area contributed by atoms with Crippen LogP contribution in [0.25, 0.3) is 11.3 Å². The number of anilines is 2. The maximum Gasteiger partial charge on any atom is 0.278 e. The van der Waals surface area contributed by atoms with Crippen LogP contribution in [0.2, 0.25) is 0 Å². The number of carbonyl (C=O) groups is 2. The van der Waals surface area contributed by atoms with Crippen molar-refractivity contribution in [3.05, 3.63) is 101 Å². The topological polar surface area (TPSA) is 117 Å². The van der Waals surface area contributed by atoms with E-state index < -0.39 is 10.8 Å². The fraction of sp³-hybridized carbons (Fsp3) is 0.0800. The van der Waals surface area contributed by atoms with Crippen LogP contribution in [0.3, 0.4) is 0 Å². The van der Waals surface area contributed by atoms with Crippen LogP contribution >= 0.6 is 11.8 Å². The van der Waals surface area contributed by atoms with Gasteiger partial charge in [-0.2, -0.15) is 0 Å². The third-order valence-corrected chi connectivity index (χ3v) is 5.82. The van der Waals surface area contributed by atoms with Crippen LogP contribution in [0.5, 0.6) is 0 Å². The van der Waals surface area contributed by atoms with Crippen molar-refractivity contribution in [3.8, 4) is 11.3 Å². The number of hydrogen-bond acceptors (Lipinski definition) is 6. The number of nitrogens with zero attached hydrogens (tertiary/aromatic N) is 2. The number of aromatic nitrogens is 3. The molecular formula is C25H21N5O3S. The summed E-state index contributed by atoms with van der Waals surface area (Å²) >= 11 is 1.09. The fourth-order valence-electron chi connectivity index (χ4n) is 3.12. The first-order valence-corrected chi connectivity index (χ1v) is 11.3. The van der Waals surface area contributed by atoms with Crippen molar-refractivity contribution < 1.29 is 9.59 Å². The smallest absolute Gasteiger partial charge is 0.278 e. The minimum absolute atomic E-state index is 0.0645. The molecule has 0 fully saturated rings. The summed E-state index contributed by atoms with van der Waals surface area (Å²) in [4.78, 5) is 40.5. The highest BCUT2D eigenvalue weighted by atomic mass is 32.2. The van der Waals surface area contributed by atoms with Gasteiger partial charge in [-0.3, -0.25) is 19.4 Å². The molecule has 2 amide bonds. The molecule has 1 heterocycles. The number of aromatic amines is 1. The first-order valence-electron chi connectivity index (χ1n) is 10.5. The van der Waals surface area contributed by atoms with Crippen molar-refractivity contribution >= 4 is 35.0 Å². The summed E-state index contributed by atoms with van der Waals surface area (Å²) in [6.07, 6.45) is 0. The SMILES string of the molecule is CC(Sc1nnc(-c2ccccc2NC(=O)c2ccccc2)c(=O)[nH]1)C(=O)Nc1ccccc1. The quantitative estimate of drug-likeness (QED) is 0.348. The second-order valence-electron chi connectivity index (χ2n) is 7.29. The zero-order chi connectivity index (χ0) is 23.9. The van der Waals surface area contributed by atoms with Gasteiger partial charge in [-0.15, -0.1) is 10.2 Å². The number of carbonyl (C=O) groups excluding carboxylic acids is 2. The van der Waals surface area contributed by atoms with Gasteiger partial charge in [0.2, 0.25) is 5.91 Å². The maximum atomic E-state index is 12.8. The molecule has 4 rings (SSSR count). The van der Waals surface area contributed by atoms with E-state index in [1.807, 2.05) is 24.3 Å². The number of rotatable bonds is 7. The number of thioether (sulfide) groups is 1. The number of H-pyrrole nitrogens is 1. The van der Waals surface area contributed by atoms with Gasteiger partial charge in [0.15, 0.2) is 10.9 Å². The summed E-state index contributed by atoms with van der Waals surface area (Å²) in [5.74, 6) is -0.528. The Labute approximate surface area is 199 Å². The average Bonchev–Trinajstić information content (AvgIpc) is 2.86. The molecule has 0 saturated carbocycles. The molecule has 0 saturated heterocycles. The zero-order valence-electron chi connectivity index (χ0n) is 18.2.